The van der Waals surface area contributed by atoms with Crippen molar-refractivity contribution in [3.8, 4) is 5.75 Å². The Kier molecular flexibility index (Phi) is 4.70. The lowest BCUT2D eigenvalue weighted by Crippen LogP contribution is -2.15. The summed E-state index contributed by atoms with van der Waals surface area (Å²) in [4.78, 5) is 12.2. The molecule has 0 aromatic heterocycles. The number of hydrogen-bond donors (Lipinski definition) is 2. The van der Waals surface area contributed by atoms with E-state index in [1.54, 1.807) is 0 Å². The maximum absolute atomic E-state index is 12.7. The van der Waals surface area contributed by atoms with Crippen LogP contribution < -0.4 is 15.8 Å². The molecule has 0 bridgehead atoms. The van der Waals surface area contributed by atoms with Crippen LogP contribution in [-0.4, -0.2) is 13.0 Å². The number of halogens is 4. The van der Waals surface area contributed by atoms with E-state index < -0.39 is 17.6 Å². The molecule has 0 fully saturated rings. The van der Waals surface area contributed by atoms with Crippen molar-refractivity contribution in [1.29, 1.82) is 0 Å². The molecule has 0 aliphatic rings. The zero-order valence-electron chi connectivity index (χ0n) is 11.9. The third-order valence-electron chi connectivity index (χ3n) is 3.05. The van der Waals surface area contributed by atoms with Crippen LogP contribution in [0.1, 0.15) is 15.9 Å². The van der Waals surface area contributed by atoms with Crippen LogP contribution in [-0.2, 0) is 6.18 Å². The highest BCUT2D eigenvalue weighted by molar-refractivity contribution is 6.34. The molecule has 4 nitrogen and oxygen atoms in total. The van der Waals surface area contributed by atoms with Gasteiger partial charge in [0.15, 0.2) is 0 Å². The number of ether oxygens (including phenoxy) is 1. The highest BCUT2D eigenvalue weighted by Gasteiger charge is 2.31. The summed E-state index contributed by atoms with van der Waals surface area (Å²) >= 11 is 5.83. The third-order valence-corrected chi connectivity index (χ3v) is 3.37. The number of nitrogen functional groups attached to an aromatic ring is 1. The van der Waals surface area contributed by atoms with Gasteiger partial charge in [-0.05, 0) is 30.3 Å². The Morgan fingerprint density at radius 3 is 2.48 bits per heavy atom. The largest absolute Gasteiger partial charge is 0.497 e. The summed E-state index contributed by atoms with van der Waals surface area (Å²) < 4.78 is 43.1. The molecule has 2 rings (SSSR count). The first kappa shape index (κ1) is 17.0. The van der Waals surface area contributed by atoms with Crippen molar-refractivity contribution in [2.75, 3.05) is 18.2 Å². The van der Waals surface area contributed by atoms with Crippen LogP contribution in [0.2, 0.25) is 5.02 Å². The predicted octanol–water partition coefficient (Wildman–Crippen LogP) is 4.20. The number of amides is 1. The number of anilines is 2. The van der Waals surface area contributed by atoms with Crippen molar-refractivity contribution in [3.05, 3.63) is 52.5 Å². The molecule has 8 heteroatoms. The zero-order valence-corrected chi connectivity index (χ0v) is 12.6. The molecule has 23 heavy (non-hydrogen) atoms. The van der Waals surface area contributed by atoms with Crippen LogP contribution in [0.5, 0.6) is 5.75 Å². The van der Waals surface area contributed by atoms with Crippen molar-refractivity contribution in [1.82, 2.24) is 0 Å². The number of benzene rings is 2. The van der Waals surface area contributed by atoms with Crippen LogP contribution in [0.4, 0.5) is 24.5 Å². The first-order valence-electron chi connectivity index (χ1n) is 6.34. The second kappa shape index (κ2) is 6.37. The Labute approximate surface area is 135 Å². The zero-order chi connectivity index (χ0) is 17.2. The fraction of sp³-hybridized carbons (Fsp3) is 0.133. The molecule has 0 aliphatic carbocycles. The minimum absolute atomic E-state index is 0.0153. The number of methoxy groups -OCH3 is 1. The number of alkyl halides is 3. The second-order valence-electron chi connectivity index (χ2n) is 4.60. The Morgan fingerprint density at radius 1 is 1.22 bits per heavy atom. The van der Waals surface area contributed by atoms with E-state index in [2.05, 4.69) is 5.32 Å². The Bertz CT molecular complexity index is 748. The SMILES string of the molecule is COc1ccc(C(=O)Nc2cc(C(F)(F)F)ccc2Cl)c(N)c1. The molecule has 0 saturated carbocycles. The van der Waals surface area contributed by atoms with E-state index in [0.717, 1.165) is 18.2 Å². The molecular weight excluding hydrogens is 333 g/mol. The van der Waals surface area contributed by atoms with Gasteiger partial charge in [-0.1, -0.05) is 11.6 Å². The van der Waals surface area contributed by atoms with E-state index >= 15 is 0 Å². The van der Waals surface area contributed by atoms with Crippen LogP contribution in [0.15, 0.2) is 36.4 Å². The lowest BCUT2D eigenvalue weighted by molar-refractivity contribution is -0.137. The lowest BCUT2D eigenvalue weighted by Gasteiger charge is -2.13. The quantitative estimate of drug-likeness (QED) is 0.820. The molecule has 0 saturated heterocycles. The standard InChI is InChI=1S/C15H12ClF3N2O2/c1-23-9-3-4-10(12(20)7-9)14(22)21-13-6-8(15(17,18)19)2-5-11(13)16/h2-7H,20H2,1H3,(H,21,22). The van der Waals surface area contributed by atoms with Gasteiger partial charge in [-0.15, -0.1) is 0 Å². The highest BCUT2D eigenvalue weighted by atomic mass is 35.5. The van der Waals surface area contributed by atoms with Gasteiger partial charge in [0.1, 0.15) is 5.75 Å². The molecule has 3 N–H and O–H groups in total. The normalized spacial score (nSPS) is 11.2. The number of nitrogens with one attached hydrogen (secondary N) is 1. The Hall–Kier alpha value is -2.41. The van der Waals surface area contributed by atoms with Crippen molar-refractivity contribution < 1.29 is 22.7 Å². The van der Waals surface area contributed by atoms with Gasteiger partial charge < -0.3 is 15.8 Å². The van der Waals surface area contributed by atoms with Gasteiger partial charge in [0.25, 0.3) is 5.91 Å². The van der Waals surface area contributed by atoms with E-state index in [1.165, 1.54) is 25.3 Å². The van der Waals surface area contributed by atoms with Crippen molar-refractivity contribution >= 4 is 28.9 Å². The number of nitrogens with two attached hydrogens (primary N) is 1. The fourth-order valence-electron chi connectivity index (χ4n) is 1.86. The van der Waals surface area contributed by atoms with Crippen LogP contribution >= 0.6 is 11.6 Å². The summed E-state index contributed by atoms with van der Waals surface area (Å²) in [5.41, 5.74) is 4.89. The molecule has 2 aromatic rings. The van der Waals surface area contributed by atoms with E-state index in [9.17, 15) is 18.0 Å². The second-order valence-corrected chi connectivity index (χ2v) is 5.01. The summed E-state index contributed by atoms with van der Waals surface area (Å²) in [6.07, 6.45) is -4.54. The molecule has 0 aliphatic heterocycles. The van der Waals surface area contributed by atoms with Crippen molar-refractivity contribution in [2.24, 2.45) is 0 Å². The number of carbonyl (C=O) groups excluding carboxylic acids is 1. The van der Waals surface area contributed by atoms with Gasteiger partial charge >= 0.3 is 6.18 Å². The smallest absolute Gasteiger partial charge is 0.416 e. The average molecular weight is 345 g/mol. The molecule has 0 radical (unpaired) electrons. The van der Waals surface area contributed by atoms with Gasteiger partial charge in [-0.3, -0.25) is 4.79 Å². The third kappa shape index (κ3) is 3.87. The maximum Gasteiger partial charge on any atom is 0.416 e. The van der Waals surface area contributed by atoms with Gasteiger partial charge in [-0.25, -0.2) is 0 Å². The molecule has 0 spiro atoms. The van der Waals surface area contributed by atoms with Crippen LogP contribution in [0, 0.1) is 0 Å². The van der Waals surface area contributed by atoms with E-state index in [4.69, 9.17) is 22.1 Å². The first-order chi connectivity index (χ1) is 10.7. The van der Waals surface area contributed by atoms with Crippen LogP contribution in [0.25, 0.3) is 0 Å². The summed E-state index contributed by atoms with van der Waals surface area (Å²) in [5, 5.41) is 2.31. The molecule has 1 amide bonds. The molecule has 0 unspecified atom stereocenters. The van der Waals surface area contributed by atoms with Crippen molar-refractivity contribution in [2.45, 2.75) is 6.18 Å². The topological polar surface area (TPSA) is 64.3 Å². The summed E-state index contributed by atoms with van der Waals surface area (Å²) in [6, 6.07) is 7.02. The summed E-state index contributed by atoms with van der Waals surface area (Å²) in [7, 11) is 1.44. The minimum atomic E-state index is -4.54. The van der Waals surface area contributed by atoms with E-state index in [0.29, 0.717) is 5.75 Å². The number of rotatable bonds is 3. The lowest BCUT2D eigenvalue weighted by atomic mass is 10.1. The average Bonchev–Trinajstić information content (AvgIpc) is 2.47. The number of carbonyl (C=O) groups is 1. The summed E-state index contributed by atoms with van der Waals surface area (Å²) in [6.45, 7) is 0. The van der Waals surface area contributed by atoms with Gasteiger partial charge in [0.2, 0.25) is 0 Å². The molecule has 2 aromatic carbocycles. The summed E-state index contributed by atoms with van der Waals surface area (Å²) in [5.74, 6) is -0.220. The van der Waals surface area contributed by atoms with Gasteiger partial charge in [0, 0.05) is 11.8 Å². The number of hydrogen-bond acceptors (Lipinski definition) is 3. The van der Waals surface area contributed by atoms with E-state index in [-0.39, 0.29) is 22.0 Å². The fourth-order valence-corrected chi connectivity index (χ4v) is 2.03. The maximum atomic E-state index is 12.7. The molecular formula is C15H12ClF3N2O2. The van der Waals surface area contributed by atoms with Gasteiger partial charge in [-0.2, -0.15) is 13.2 Å². The minimum Gasteiger partial charge on any atom is -0.497 e. The monoisotopic (exact) mass is 344 g/mol. The Balaban J connectivity index is 2.30. The van der Waals surface area contributed by atoms with Crippen LogP contribution in [0.3, 0.4) is 0 Å². The molecule has 0 heterocycles. The van der Waals surface area contributed by atoms with E-state index in [1.807, 2.05) is 0 Å². The van der Waals surface area contributed by atoms with Gasteiger partial charge in [0.05, 0.1) is 28.9 Å². The molecule has 122 valence electrons. The first-order valence-corrected chi connectivity index (χ1v) is 6.72. The predicted molar refractivity (Wildman–Crippen MR) is 81.8 cm³/mol. The Morgan fingerprint density at radius 2 is 1.91 bits per heavy atom. The molecule has 0 atom stereocenters. The van der Waals surface area contributed by atoms with Crippen molar-refractivity contribution in [3.63, 3.8) is 0 Å². The highest BCUT2D eigenvalue weighted by Crippen LogP contribution is 2.34.